The molecule has 1 rings (SSSR count). The van der Waals surface area contributed by atoms with E-state index in [-0.39, 0.29) is 11.8 Å². The third-order valence-electron chi connectivity index (χ3n) is 2.71. The summed E-state index contributed by atoms with van der Waals surface area (Å²) >= 11 is 0. The highest BCUT2D eigenvalue weighted by molar-refractivity contribution is 5.94. The zero-order valence-corrected chi connectivity index (χ0v) is 11.6. The summed E-state index contributed by atoms with van der Waals surface area (Å²) in [4.78, 5) is 22.6. The molecule has 0 saturated heterocycles. The fourth-order valence-electron chi connectivity index (χ4n) is 1.71. The molecule has 0 aromatic heterocycles. The van der Waals surface area contributed by atoms with Crippen LogP contribution in [0.1, 0.15) is 29.8 Å². The van der Waals surface area contributed by atoms with Crippen molar-refractivity contribution in [2.24, 2.45) is 0 Å². The standard InChI is InChI=1S/C14H20N2O3/c1-4-11-9-12(5-6-13(11)19-3)14(18)16-8-7-15-10(2)17/h5-6,9H,4,7-8H2,1-3H3,(H,15,17)(H,16,18). The van der Waals surface area contributed by atoms with Crippen molar-refractivity contribution in [1.82, 2.24) is 10.6 Å². The van der Waals surface area contributed by atoms with Crippen LogP contribution in [0.2, 0.25) is 0 Å². The molecule has 2 amide bonds. The van der Waals surface area contributed by atoms with E-state index in [0.29, 0.717) is 18.7 Å². The zero-order chi connectivity index (χ0) is 14.3. The zero-order valence-electron chi connectivity index (χ0n) is 11.6. The highest BCUT2D eigenvalue weighted by atomic mass is 16.5. The molecule has 0 heterocycles. The maximum atomic E-state index is 11.9. The average molecular weight is 264 g/mol. The van der Waals surface area contributed by atoms with Crippen LogP contribution in [0.3, 0.4) is 0 Å². The lowest BCUT2D eigenvalue weighted by atomic mass is 10.1. The van der Waals surface area contributed by atoms with Gasteiger partial charge >= 0.3 is 0 Å². The third kappa shape index (κ3) is 4.62. The Hall–Kier alpha value is -2.04. The number of nitrogens with one attached hydrogen (secondary N) is 2. The first kappa shape index (κ1) is 15.0. The van der Waals surface area contributed by atoms with Crippen molar-refractivity contribution < 1.29 is 14.3 Å². The van der Waals surface area contributed by atoms with Crippen molar-refractivity contribution in [3.8, 4) is 5.75 Å². The van der Waals surface area contributed by atoms with Gasteiger partial charge in [-0.25, -0.2) is 0 Å². The molecule has 0 unspecified atom stereocenters. The van der Waals surface area contributed by atoms with Crippen molar-refractivity contribution >= 4 is 11.8 Å². The Morgan fingerprint density at radius 1 is 1.21 bits per heavy atom. The van der Waals surface area contributed by atoms with Gasteiger partial charge in [-0.15, -0.1) is 0 Å². The lowest BCUT2D eigenvalue weighted by Crippen LogP contribution is -2.33. The maximum absolute atomic E-state index is 11.9. The van der Waals surface area contributed by atoms with E-state index in [0.717, 1.165) is 17.7 Å². The molecule has 0 radical (unpaired) electrons. The Bertz CT molecular complexity index is 458. The molecule has 5 nitrogen and oxygen atoms in total. The first-order chi connectivity index (χ1) is 9.08. The van der Waals surface area contributed by atoms with Gasteiger partial charge in [0.15, 0.2) is 0 Å². The molecule has 0 fully saturated rings. The predicted octanol–water partition coefficient (Wildman–Crippen LogP) is 1.12. The summed E-state index contributed by atoms with van der Waals surface area (Å²) in [6.07, 6.45) is 0.802. The normalized spacial score (nSPS) is 9.84. The molecular formula is C14H20N2O3. The van der Waals surface area contributed by atoms with Gasteiger partial charge in [0.25, 0.3) is 5.91 Å². The van der Waals surface area contributed by atoms with Gasteiger partial charge in [0.1, 0.15) is 5.75 Å². The smallest absolute Gasteiger partial charge is 0.251 e. The SMILES string of the molecule is CCc1cc(C(=O)NCCNC(C)=O)ccc1OC. The van der Waals surface area contributed by atoms with Gasteiger partial charge in [-0.3, -0.25) is 9.59 Å². The summed E-state index contributed by atoms with van der Waals surface area (Å²) in [5.41, 5.74) is 1.59. The van der Waals surface area contributed by atoms with Gasteiger partial charge in [-0.2, -0.15) is 0 Å². The first-order valence-electron chi connectivity index (χ1n) is 6.28. The number of ether oxygens (including phenoxy) is 1. The van der Waals surface area contributed by atoms with Crippen molar-refractivity contribution in [2.75, 3.05) is 20.2 Å². The topological polar surface area (TPSA) is 67.4 Å². The second kappa shape index (κ2) is 7.41. The number of carbonyl (C=O) groups is 2. The summed E-state index contributed by atoms with van der Waals surface area (Å²) in [7, 11) is 1.61. The largest absolute Gasteiger partial charge is 0.496 e. The number of hydrogen-bond acceptors (Lipinski definition) is 3. The van der Waals surface area contributed by atoms with E-state index in [9.17, 15) is 9.59 Å². The molecule has 104 valence electrons. The molecule has 0 atom stereocenters. The average Bonchev–Trinajstić information content (AvgIpc) is 2.42. The Labute approximate surface area is 113 Å². The number of aryl methyl sites for hydroxylation is 1. The fourth-order valence-corrected chi connectivity index (χ4v) is 1.71. The molecule has 0 aliphatic carbocycles. The van der Waals surface area contributed by atoms with Gasteiger partial charge in [-0.1, -0.05) is 6.92 Å². The Kier molecular flexibility index (Phi) is 5.85. The Balaban J connectivity index is 2.59. The van der Waals surface area contributed by atoms with Crippen LogP contribution in [0.15, 0.2) is 18.2 Å². The van der Waals surface area contributed by atoms with Crippen LogP contribution in [-0.2, 0) is 11.2 Å². The Morgan fingerprint density at radius 2 is 1.89 bits per heavy atom. The van der Waals surface area contributed by atoms with Crippen molar-refractivity contribution in [3.63, 3.8) is 0 Å². The predicted molar refractivity (Wildman–Crippen MR) is 73.4 cm³/mol. The minimum Gasteiger partial charge on any atom is -0.496 e. The second-order valence-corrected chi connectivity index (χ2v) is 4.12. The van der Waals surface area contributed by atoms with Crippen molar-refractivity contribution in [1.29, 1.82) is 0 Å². The van der Waals surface area contributed by atoms with Crippen LogP contribution >= 0.6 is 0 Å². The number of rotatable bonds is 6. The van der Waals surface area contributed by atoms with Crippen LogP contribution in [-0.4, -0.2) is 32.0 Å². The molecule has 1 aromatic carbocycles. The van der Waals surface area contributed by atoms with Gasteiger partial charge < -0.3 is 15.4 Å². The molecule has 0 bridgehead atoms. The summed E-state index contributed by atoms with van der Waals surface area (Å²) in [5, 5.41) is 5.37. The Morgan fingerprint density at radius 3 is 2.47 bits per heavy atom. The maximum Gasteiger partial charge on any atom is 0.251 e. The minimum atomic E-state index is -0.150. The van der Waals surface area contributed by atoms with Gasteiger partial charge in [0.05, 0.1) is 7.11 Å². The molecule has 5 heteroatoms. The highest BCUT2D eigenvalue weighted by Gasteiger charge is 2.08. The molecular weight excluding hydrogens is 244 g/mol. The molecule has 1 aromatic rings. The van der Waals surface area contributed by atoms with E-state index in [1.807, 2.05) is 13.0 Å². The lowest BCUT2D eigenvalue weighted by Gasteiger charge is -2.10. The molecule has 0 saturated carbocycles. The van der Waals surface area contributed by atoms with Gasteiger partial charge in [0.2, 0.25) is 5.91 Å². The number of benzene rings is 1. The first-order valence-corrected chi connectivity index (χ1v) is 6.28. The number of hydrogen-bond donors (Lipinski definition) is 2. The molecule has 2 N–H and O–H groups in total. The lowest BCUT2D eigenvalue weighted by molar-refractivity contribution is -0.118. The van der Waals surface area contributed by atoms with Crippen LogP contribution in [0.5, 0.6) is 5.75 Å². The summed E-state index contributed by atoms with van der Waals surface area (Å²) in [5.74, 6) is 0.534. The van der Waals surface area contributed by atoms with E-state index in [2.05, 4.69) is 10.6 Å². The number of carbonyl (C=O) groups excluding carboxylic acids is 2. The number of amides is 2. The second-order valence-electron chi connectivity index (χ2n) is 4.12. The fraction of sp³-hybridized carbons (Fsp3) is 0.429. The van der Waals surface area contributed by atoms with E-state index >= 15 is 0 Å². The highest BCUT2D eigenvalue weighted by Crippen LogP contribution is 2.20. The summed E-state index contributed by atoms with van der Waals surface area (Å²) in [6.45, 7) is 4.29. The summed E-state index contributed by atoms with van der Waals surface area (Å²) < 4.78 is 5.22. The van der Waals surface area contributed by atoms with Crippen LogP contribution < -0.4 is 15.4 Å². The quantitative estimate of drug-likeness (QED) is 0.757. The van der Waals surface area contributed by atoms with Crippen LogP contribution in [0, 0.1) is 0 Å². The van der Waals surface area contributed by atoms with Crippen molar-refractivity contribution in [2.45, 2.75) is 20.3 Å². The van der Waals surface area contributed by atoms with Crippen LogP contribution in [0.25, 0.3) is 0 Å². The monoisotopic (exact) mass is 264 g/mol. The molecule has 0 aliphatic rings. The van der Waals surface area contributed by atoms with Gasteiger partial charge in [0, 0.05) is 25.6 Å². The van der Waals surface area contributed by atoms with Gasteiger partial charge in [-0.05, 0) is 30.2 Å². The molecule has 19 heavy (non-hydrogen) atoms. The minimum absolute atomic E-state index is 0.105. The number of methoxy groups -OCH3 is 1. The van der Waals surface area contributed by atoms with E-state index < -0.39 is 0 Å². The molecule has 0 aliphatic heterocycles. The van der Waals surface area contributed by atoms with Crippen LogP contribution in [0.4, 0.5) is 0 Å². The van der Waals surface area contributed by atoms with E-state index in [1.165, 1.54) is 6.92 Å². The molecule has 0 spiro atoms. The van der Waals surface area contributed by atoms with E-state index in [1.54, 1.807) is 19.2 Å². The van der Waals surface area contributed by atoms with Crippen molar-refractivity contribution in [3.05, 3.63) is 29.3 Å². The third-order valence-corrected chi connectivity index (χ3v) is 2.71. The van der Waals surface area contributed by atoms with E-state index in [4.69, 9.17) is 4.74 Å². The summed E-state index contributed by atoms with van der Waals surface area (Å²) in [6, 6.07) is 5.35.